The third kappa shape index (κ3) is 2.34. The molecule has 0 bridgehead atoms. The zero-order chi connectivity index (χ0) is 13.3. The number of aromatic amines is 1. The molecule has 9 nitrogen and oxygen atoms in total. The topological polar surface area (TPSA) is 130 Å². The molecule has 0 saturated heterocycles. The molecule has 18 heavy (non-hydrogen) atoms. The van der Waals surface area contributed by atoms with E-state index in [2.05, 4.69) is 19.9 Å². The molecular weight excluding hydrogens is 263 g/mol. The van der Waals surface area contributed by atoms with Crippen molar-refractivity contribution in [1.82, 2.24) is 19.9 Å². The molecule has 0 aromatic carbocycles. The third-order valence-corrected chi connectivity index (χ3v) is 2.98. The van der Waals surface area contributed by atoms with Crippen LogP contribution in [0.4, 0.5) is 0 Å². The van der Waals surface area contributed by atoms with Gasteiger partial charge >= 0.3 is 13.6 Å². The highest BCUT2D eigenvalue weighted by atomic mass is 31.2. The molecular formula is C8H11N4O5P. The van der Waals surface area contributed by atoms with Gasteiger partial charge in [0.1, 0.15) is 17.9 Å². The summed E-state index contributed by atoms with van der Waals surface area (Å²) < 4.78 is 21.0. The Kier molecular flexibility index (Phi) is 3.31. The Labute approximate surface area is 101 Å². The molecule has 0 spiro atoms. The number of imidazole rings is 1. The second-order valence-corrected chi connectivity index (χ2v) is 4.90. The molecule has 0 aliphatic heterocycles. The summed E-state index contributed by atoms with van der Waals surface area (Å²) in [6.45, 7) is 0.166. The van der Waals surface area contributed by atoms with Crippen LogP contribution in [0, 0.1) is 0 Å². The second-order valence-electron chi connectivity index (χ2n) is 3.39. The third-order valence-electron chi connectivity index (χ3n) is 2.10. The van der Waals surface area contributed by atoms with Gasteiger partial charge in [-0.05, 0) is 0 Å². The van der Waals surface area contributed by atoms with Gasteiger partial charge in [-0.3, -0.25) is 4.57 Å². The number of H-pyrrole nitrogens is 1. The Bertz CT molecular complexity index is 621. The van der Waals surface area contributed by atoms with Crippen LogP contribution in [-0.2, 0) is 15.9 Å². The quantitative estimate of drug-likeness (QED) is 0.624. The molecule has 0 aliphatic carbocycles. The SMILES string of the molecule is COCc1nc2nc(OC)nc(P(=O)(O)O)c2[nH]1. The lowest BCUT2D eigenvalue weighted by Crippen LogP contribution is -2.13. The fourth-order valence-electron chi connectivity index (χ4n) is 1.42. The number of aromatic nitrogens is 4. The van der Waals surface area contributed by atoms with Crippen molar-refractivity contribution in [2.75, 3.05) is 14.2 Å². The molecule has 0 aliphatic rings. The maximum atomic E-state index is 11.4. The molecule has 0 amide bonds. The number of rotatable bonds is 4. The van der Waals surface area contributed by atoms with Crippen molar-refractivity contribution in [1.29, 1.82) is 0 Å². The Balaban J connectivity index is 2.69. The zero-order valence-corrected chi connectivity index (χ0v) is 10.5. The summed E-state index contributed by atoms with van der Waals surface area (Å²) in [5, 5.41) is 0. The van der Waals surface area contributed by atoms with Gasteiger partial charge in [-0.2, -0.15) is 9.97 Å². The van der Waals surface area contributed by atoms with Crippen molar-refractivity contribution in [2.24, 2.45) is 0 Å². The number of fused-ring (bicyclic) bond motifs is 1. The van der Waals surface area contributed by atoms with Gasteiger partial charge in [0.2, 0.25) is 0 Å². The van der Waals surface area contributed by atoms with E-state index in [-0.39, 0.29) is 23.8 Å². The molecule has 0 fully saturated rings. The summed E-state index contributed by atoms with van der Waals surface area (Å²) in [6, 6.07) is -0.156. The minimum Gasteiger partial charge on any atom is -0.467 e. The molecule has 2 heterocycles. The first-order valence-corrected chi connectivity index (χ1v) is 6.42. The lowest BCUT2D eigenvalue weighted by Gasteiger charge is -2.05. The van der Waals surface area contributed by atoms with Gasteiger partial charge in [-0.1, -0.05) is 0 Å². The van der Waals surface area contributed by atoms with Crippen LogP contribution in [0.2, 0.25) is 0 Å². The molecule has 0 atom stereocenters. The number of nitrogens with one attached hydrogen (secondary N) is 1. The van der Waals surface area contributed by atoms with Crippen molar-refractivity contribution in [3.63, 3.8) is 0 Å². The Hall–Kier alpha value is -1.54. The smallest absolute Gasteiger partial charge is 0.376 e. The summed E-state index contributed by atoms with van der Waals surface area (Å²) in [7, 11) is -1.78. The fourth-order valence-corrected chi connectivity index (χ4v) is 2.08. The molecule has 3 N–H and O–H groups in total. The molecule has 2 aromatic rings. The van der Waals surface area contributed by atoms with Crippen LogP contribution in [0.25, 0.3) is 11.2 Å². The molecule has 0 saturated carbocycles. The predicted octanol–water partition coefficient (Wildman–Crippen LogP) is -0.689. The van der Waals surface area contributed by atoms with Gasteiger partial charge in [0.05, 0.1) is 7.11 Å². The standard InChI is InChI=1S/C8H11N4O5P/c1-16-3-4-9-5-6(10-4)11-8(17-2)12-7(5)18(13,14)15/h3H2,1-2H3,(H2,13,14,15)(H,9,10,11,12). The van der Waals surface area contributed by atoms with Crippen LogP contribution < -0.4 is 10.2 Å². The average molecular weight is 274 g/mol. The van der Waals surface area contributed by atoms with Gasteiger partial charge in [0, 0.05) is 7.11 Å². The van der Waals surface area contributed by atoms with Crippen LogP contribution in [0.1, 0.15) is 5.82 Å². The van der Waals surface area contributed by atoms with Gasteiger partial charge in [0.15, 0.2) is 11.1 Å². The lowest BCUT2D eigenvalue weighted by atomic mass is 10.6. The Morgan fingerprint density at radius 1 is 1.28 bits per heavy atom. The molecule has 98 valence electrons. The van der Waals surface area contributed by atoms with Crippen LogP contribution in [-0.4, -0.2) is 43.9 Å². The van der Waals surface area contributed by atoms with E-state index in [1.165, 1.54) is 14.2 Å². The number of methoxy groups -OCH3 is 2. The second kappa shape index (κ2) is 4.62. The largest absolute Gasteiger partial charge is 0.467 e. The predicted molar refractivity (Wildman–Crippen MR) is 60.6 cm³/mol. The first-order chi connectivity index (χ1) is 8.45. The fraction of sp³-hybridized carbons (Fsp3) is 0.375. The van der Waals surface area contributed by atoms with E-state index in [4.69, 9.17) is 9.47 Å². The maximum Gasteiger partial charge on any atom is 0.376 e. The number of hydrogen-bond donors (Lipinski definition) is 3. The summed E-state index contributed by atoms with van der Waals surface area (Å²) in [6.07, 6.45) is 0. The van der Waals surface area contributed by atoms with Crippen molar-refractivity contribution in [2.45, 2.75) is 6.61 Å². The van der Waals surface area contributed by atoms with Gasteiger partial charge in [-0.15, -0.1) is 0 Å². The van der Waals surface area contributed by atoms with E-state index in [0.717, 1.165) is 0 Å². The van der Waals surface area contributed by atoms with Crippen LogP contribution in [0.3, 0.4) is 0 Å². The molecule has 10 heteroatoms. The monoisotopic (exact) mass is 274 g/mol. The van der Waals surface area contributed by atoms with Crippen LogP contribution >= 0.6 is 7.60 Å². The van der Waals surface area contributed by atoms with E-state index < -0.39 is 13.0 Å². The lowest BCUT2D eigenvalue weighted by molar-refractivity contribution is 0.179. The summed E-state index contributed by atoms with van der Waals surface area (Å²) in [5.74, 6) is 0.393. The normalized spacial score (nSPS) is 12.0. The number of nitrogens with zero attached hydrogens (tertiary/aromatic N) is 3. The first-order valence-electron chi connectivity index (χ1n) is 4.81. The molecule has 0 radical (unpaired) electrons. The van der Waals surface area contributed by atoms with Gasteiger partial charge in [0.25, 0.3) is 0 Å². The molecule has 2 aromatic heterocycles. The zero-order valence-electron chi connectivity index (χ0n) is 9.62. The Morgan fingerprint density at radius 2 is 2.00 bits per heavy atom. The number of ether oxygens (including phenoxy) is 2. The van der Waals surface area contributed by atoms with E-state index in [1.807, 2.05) is 0 Å². The summed E-state index contributed by atoms with van der Waals surface area (Å²) in [5.41, 5.74) is -0.248. The van der Waals surface area contributed by atoms with Crippen molar-refractivity contribution in [3.8, 4) is 6.01 Å². The van der Waals surface area contributed by atoms with Gasteiger partial charge in [-0.25, -0.2) is 4.98 Å². The van der Waals surface area contributed by atoms with Crippen LogP contribution in [0.15, 0.2) is 0 Å². The minimum atomic E-state index is -4.55. The Morgan fingerprint density at radius 3 is 2.56 bits per heavy atom. The van der Waals surface area contributed by atoms with Crippen LogP contribution in [0.5, 0.6) is 6.01 Å². The summed E-state index contributed by atoms with van der Waals surface area (Å²) >= 11 is 0. The van der Waals surface area contributed by atoms with E-state index >= 15 is 0 Å². The average Bonchev–Trinajstić information content (AvgIpc) is 2.68. The van der Waals surface area contributed by atoms with Gasteiger partial charge < -0.3 is 24.2 Å². The van der Waals surface area contributed by atoms with E-state index in [9.17, 15) is 14.4 Å². The van der Waals surface area contributed by atoms with E-state index in [0.29, 0.717) is 5.82 Å². The first kappa shape index (κ1) is 12.9. The van der Waals surface area contributed by atoms with Crippen molar-refractivity contribution < 1.29 is 23.8 Å². The van der Waals surface area contributed by atoms with Crippen molar-refractivity contribution >= 4 is 24.2 Å². The molecule has 0 unspecified atom stereocenters. The molecule has 2 rings (SSSR count). The highest BCUT2D eigenvalue weighted by molar-refractivity contribution is 7.60. The number of hydrogen-bond acceptors (Lipinski definition) is 6. The minimum absolute atomic E-state index is 0.0798. The summed E-state index contributed by atoms with van der Waals surface area (Å²) in [4.78, 5) is 32.8. The van der Waals surface area contributed by atoms with Crippen molar-refractivity contribution in [3.05, 3.63) is 5.82 Å². The highest BCUT2D eigenvalue weighted by Crippen LogP contribution is 2.35. The highest BCUT2D eigenvalue weighted by Gasteiger charge is 2.26. The maximum absolute atomic E-state index is 11.4. The van der Waals surface area contributed by atoms with E-state index in [1.54, 1.807) is 0 Å².